The molecule has 1 aliphatic rings. The van der Waals surface area contributed by atoms with Crippen LogP contribution in [0.25, 0.3) is 0 Å². The summed E-state index contributed by atoms with van der Waals surface area (Å²) >= 11 is 6.07. The standard InChI is InChI=1S/C27H28ClN3O3/c1-19(2)34-25-14-12-23(13-15-25)29-27(32)31-18-21(16-17-33-24-6-4-3-5-7-24)26(30-31)20-8-10-22(28)11-9-20/h3-15,19,21H,16-18H2,1-2H3,(H,29,32). The van der Waals surface area contributed by atoms with E-state index in [1.807, 2.05) is 92.7 Å². The average Bonchev–Trinajstić information content (AvgIpc) is 3.25. The Labute approximate surface area is 205 Å². The monoisotopic (exact) mass is 477 g/mol. The molecule has 34 heavy (non-hydrogen) atoms. The first-order chi connectivity index (χ1) is 16.5. The zero-order chi connectivity index (χ0) is 23.9. The lowest BCUT2D eigenvalue weighted by Gasteiger charge is -2.16. The number of hydrogen-bond donors (Lipinski definition) is 1. The number of ether oxygens (including phenoxy) is 2. The summed E-state index contributed by atoms with van der Waals surface area (Å²) in [6.45, 7) is 4.94. The number of hydrogen-bond acceptors (Lipinski definition) is 4. The highest BCUT2D eigenvalue weighted by Crippen LogP contribution is 2.25. The van der Waals surface area contributed by atoms with E-state index in [9.17, 15) is 4.79 Å². The van der Waals surface area contributed by atoms with Crippen molar-refractivity contribution >= 4 is 29.0 Å². The second-order valence-electron chi connectivity index (χ2n) is 8.34. The number of hydrazone groups is 1. The van der Waals surface area contributed by atoms with Crippen LogP contribution in [0.4, 0.5) is 10.5 Å². The van der Waals surface area contributed by atoms with Gasteiger partial charge in [-0.15, -0.1) is 0 Å². The van der Waals surface area contributed by atoms with Crippen molar-refractivity contribution in [3.05, 3.63) is 89.4 Å². The lowest BCUT2D eigenvalue weighted by molar-refractivity contribution is 0.212. The van der Waals surface area contributed by atoms with Crippen LogP contribution in [-0.2, 0) is 0 Å². The van der Waals surface area contributed by atoms with E-state index in [1.165, 1.54) is 5.01 Å². The van der Waals surface area contributed by atoms with Crippen molar-refractivity contribution < 1.29 is 14.3 Å². The molecular weight excluding hydrogens is 450 g/mol. The molecule has 0 bridgehead atoms. The van der Waals surface area contributed by atoms with E-state index < -0.39 is 0 Å². The average molecular weight is 478 g/mol. The van der Waals surface area contributed by atoms with Gasteiger partial charge in [-0.2, -0.15) is 5.10 Å². The Hall–Kier alpha value is -3.51. The fourth-order valence-corrected chi connectivity index (χ4v) is 3.86. The molecule has 6 nitrogen and oxygen atoms in total. The second-order valence-corrected chi connectivity index (χ2v) is 8.78. The van der Waals surface area contributed by atoms with Gasteiger partial charge in [0, 0.05) is 16.6 Å². The van der Waals surface area contributed by atoms with E-state index in [2.05, 4.69) is 10.4 Å². The van der Waals surface area contributed by atoms with Crippen molar-refractivity contribution in [1.82, 2.24) is 5.01 Å². The maximum atomic E-state index is 13.0. The minimum absolute atomic E-state index is 0.0393. The van der Waals surface area contributed by atoms with Gasteiger partial charge in [-0.25, -0.2) is 9.80 Å². The highest BCUT2D eigenvalue weighted by atomic mass is 35.5. The van der Waals surface area contributed by atoms with Gasteiger partial charge >= 0.3 is 6.03 Å². The number of urea groups is 1. The molecule has 1 atom stereocenters. The number of halogens is 1. The number of benzene rings is 3. The van der Waals surface area contributed by atoms with Gasteiger partial charge in [0.25, 0.3) is 0 Å². The fraction of sp³-hybridized carbons (Fsp3) is 0.259. The van der Waals surface area contributed by atoms with Gasteiger partial charge in [0.1, 0.15) is 11.5 Å². The van der Waals surface area contributed by atoms with Crippen LogP contribution in [-0.4, -0.2) is 36.0 Å². The normalized spacial score (nSPS) is 15.2. The van der Waals surface area contributed by atoms with Gasteiger partial charge in [-0.3, -0.25) is 0 Å². The second kappa shape index (κ2) is 11.1. The Balaban J connectivity index is 1.44. The lowest BCUT2D eigenvalue weighted by Crippen LogP contribution is -2.31. The highest BCUT2D eigenvalue weighted by molar-refractivity contribution is 6.30. The number of anilines is 1. The molecule has 1 heterocycles. The molecule has 3 aromatic carbocycles. The summed E-state index contributed by atoms with van der Waals surface area (Å²) in [5.41, 5.74) is 2.48. The van der Waals surface area contributed by atoms with Gasteiger partial charge < -0.3 is 14.8 Å². The predicted molar refractivity (Wildman–Crippen MR) is 136 cm³/mol. The molecule has 0 fully saturated rings. The van der Waals surface area contributed by atoms with Crippen LogP contribution in [0.15, 0.2) is 84.0 Å². The van der Waals surface area contributed by atoms with E-state index in [4.69, 9.17) is 21.1 Å². The molecule has 1 N–H and O–H groups in total. The molecule has 4 rings (SSSR count). The lowest BCUT2D eigenvalue weighted by atomic mass is 9.95. The summed E-state index contributed by atoms with van der Waals surface area (Å²) in [7, 11) is 0. The Bertz CT molecular complexity index is 1120. The smallest absolute Gasteiger partial charge is 0.342 e. The summed E-state index contributed by atoms with van der Waals surface area (Å²) in [5, 5.41) is 9.72. The van der Waals surface area contributed by atoms with Crippen LogP contribution >= 0.6 is 11.6 Å². The highest BCUT2D eigenvalue weighted by Gasteiger charge is 2.31. The maximum absolute atomic E-state index is 13.0. The van der Waals surface area contributed by atoms with E-state index in [-0.39, 0.29) is 18.1 Å². The van der Waals surface area contributed by atoms with Crippen molar-refractivity contribution in [3.8, 4) is 11.5 Å². The number of nitrogens with one attached hydrogen (secondary N) is 1. The summed E-state index contributed by atoms with van der Waals surface area (Å²) < 4.78 is 11.6. The van der Waals surface area contributed by atoms with Gasteiger partial charge in [0.2, 0.25) is 0 Å². The first-order valence-electron chi connectivity index (χ1n) is 11.4. The topological polar surface area (TPSA) is 63.2 Å². The number of carbonyl (C=O) groups excluding carboxylic acids is 1. The minimum atomic E-state index is -0.282. The Kier molecular flexibility index (Phi) is 7.70. The molecule has 3 aromatic rings. The third-order valence-corrected chi connectivity index (χ3v) is 5.59. The molecule has 1 unspecified atom stereocenters. The number of rotatable bonds is 8. The Morgan fingerprint density at radius 2 is 1.74 bits per heavy atom. The third-order valence-electron chi connectivity index (χ3n) is 5.34. The van der Waals surface area contributed by atoms with Crippen molar-refractivity contribution in [3.63, 3.8) is 0 Å². The molecule has 7 heteroatoms. The van der Waals surface area contributed by atoms with Gasteiger partial charge in [-0.1, -0.05) is 41.9 Å². The van der Waals surface area contributed by atoms with E-state index >= 15 is 0 Å². The van der Waals surface area contributed by atoms with Crippen molar-refractivity contribution in [2.75, 3.05) is 18.5 Å². The van der Waals surface area contributed by atoms with Gasteiger partial charge in [0.05, 0.1) is 25.0 Å². The molecule has 0 saturated heterocycles. The molecule has 2 amide bonds. The summed E-state index contributed by atoms with van der Waals surface area (Å²) in [4.78, 5) is 13.0. The summed E-state index contributed by atoms with van der Waals surface area (Å²) in [5.74, 6) is 1.62. The molecule has 0 spiro atoms. The van der Waals surface area contributed by atoms with Crippen LogP contribution in [0, 0.1) is 5.92 Å². The summed E-state index contributed by atoms with van der Waals surface area (Å²) in [6.07, 6.45) is 0.815. The molecule has 0 radical (unpaired) electrons. The SMILES string of the molecule is CC(C)Oc1ccc(NC(=O)N2CC(CCOc3ccccc3)C(c3ccc(Cl)cc3)=N2)cc1. The van der Waals surface area contributed by atoms with Crippen molar-refractivity contribution in [2.45, 2.75) is 26.4 Å². The maximum Gasteiger partial charge on any atom is 0.342 e. The third kappa shape index (κ3) is 6.29. The van der Waals surface area contributed by atoms with Crippen LogP contribution < -0.4 is 14.8 Å². The molecule has 176 valence electrons. The van der Waals surface area contributed by atoms with Crippen LogP contribution in [0.3, 0.4) is 0 Å². The molecule has 0 saturated carbocycles. The molecular formula is C27H28ClN3O3. The van der Waals surface area contributed by atoms with Crippen LogP contribution in [0.2, 0.25) is 5.02 Å². The largest absolute Gasteiger partial charge is 0.494 e. The Morgan fingerprint density at radius 1 is 1.03 bits per heavy atom. The van der Waals surface area contributed by atoms with Crippen molar-refractivity contribution in [1.29, 1.82) is 0 Å². The first-order valence-corrected chi connectivity index (χ1v) is 11.7. The number of nitrogens with zero attached hydrogens (tertiary/aromatic N) is 2. The zero-order valence-electron chi connectivity index (χ0n) is 19.3. The number of para-hydroxylation sites is 1. The van der Waals surface area contributed by atoms with E-state index in [0.29, 0.717) is 23.9 Å². The fourth-order valence-electron chi connectivity index (χ4n) is 3.73. The quantitative estimate of drug-likeness (QED) is 0.404. The van der Waals surface area contributed by atoms with E-state index in [0.717, 1.165) is 29.2 Å². The van der Waals surface area contributed by atoms with E-state index in [1.54, 1.807) is 0 Å². The Morgan fingerprint density at radius 3 is 2.41 bits per heavy atom. The van der Waals surface area contributed by atoms with Gasteiger partial charge in [-0.05, 0) is 74.4 Å². The molecule has 0 aliphatic carbocycles. The minimum Gasteiger partial charge on any atom is -0.494 e. The zero-order valence-corrected chi connectivity index (χ0v) is 20.0. The molecule has 0 aromatic heterocycles. The number of amides is 2. The first kappa shape index (κ1) is 23.6. The predicted octanol–water partition coefficient (Wildman–Crippen LogP) is 6.46. The number of carbonyl (C=O) groups is 1. The van der Waals surface area contributed by atoms with Crippen LogP contribution in [0.5, 0.6) is 11.5 Å². The van der Waals surface area contributed by atoms with Crippen LogP contribution in [0.1, 0.15) is 25.8 Å². The summed E-state index contributed by atoms with van der Waals surface area (Å²) in [6, 6.07) is 24.3. The van der Waals surface area contributed by atoms with Gasteiger partial charge in [0.15, 0.2) is 0 Å². The molecule has 1 aliphatic heterocycles. The van der Waals surface area contributed by atoms with Crippen molar-refractivity contribution in [2.24, 2.45) is 11.0 Å².